The number of carbonyl (C=O) groups excluding carboxylic acids is 2. The number of ether oxygens (including phenoxy) is 3. The summed E-state index contributed by atoms with van der Waals surface area (Å²) in [7, 11) is 3.47. The third-order valence-electron chi connectivity index (χ3n) is 4.67. The Bertz CT molecular complexity index is 814. The Morgan fingerprint density at radius 1 is 1.31 bits per heavy atom. The van der Waals surface area contributed by atoms with Gasteiger partial charge in [0.2, 0.25) is 0 Å². The minimum absolute atomic E-state index is 0.111. The Morgan fingerprint density at radius 2 is 2.12 bits per heavy atom. The topological polar surface area (TPSA) is 70.0 Å². The number of esters is 1. The summed E-state index contributed by atoms with van der Waals surface area (Å²) in [5.41, 5.74) is 1.49. The van der Waals surface area contributed by atoms with Gasteiger partial charge in [0.15, 0.2) is 0 Å². The predicted molar refractivity (Wildman–Crippen MR) is 96.4 cm³/mol. The van der Waals surface area contributed by atoms with E-state index >= 15 is 0 Å². The summed E-state index contributed by atoms with van der Waals surface area (Å²) in [6, 6.07) is 7.26. The number of hydrogen-bond acceptors (Lipinski definition) is 5. The van der Waals surface area contributed by atoms with E-state index in [0.717, 1.165) is 16.7 Å². The van der Waals surface area contributed by atoms with Crippen molar-refractivity contribution in [3.63, 3.8) is 0 Å². The van der Waals surface area contributed by atoms with Gasteiger partial charge in [0.1, 0.15) is 11.4 Å². The predicted octanol–water partition coefficient (Wildman–Crippen LogP) is 1.98. The number of benzene rings is 1. The highest BCUT2D eigenvalue weighted by atomic mass is 16.5. The molecule has 1 saturated heterocycles. The SMILES string of the molecule is CCOC(=O)C[C@@H]1COCCN1C(=O)c1cc2ccc(OC)cc2n1C. The Morgan fingerprint density at radius 3 is 2.85 bits per heavy atom. The molecular weight excluding hydrogens is 336 g/mol. The van der Waals surface area contributed by atoms with Crippen LogP contribution in [-0.4, -0.2) is 60.9 Å². The molecule has 1 aromatic carbocycles. The molecular formula is C19H24N2O5. The molecule has 0 radical (unpaired) electrons. The second kappa shape index (κ2) is 7.78. The van der Waals surface area contributed by atoms with Gasteiger partial charge in [0, 0.05) is 25.0 Å². The number of aromatic nitrogens is 1. The molecule has 140 valence electrons. The molecule has 1 atom stereocenters. The van der Waals surface area contributed by atoms with Gasteiger partial charge in [-0.3, -0.25) is 9.59 Å². The molecule has 26 heavy (non-hydrogen) atoms. The van der Waals surface area contributed by atoms with Crippen molar-refractivity contribution in [2.24, 2.45) is 7.05 Å². The summed E-state index contributed by atoms with van der Waals surface area (Å²) in [4.78, 5) is 26.7. The molecule has 0 bridgehead atoms. The molecule has 0 spiro atoms. The molecule has 0 saturated carbocycles. The van der Waals surface area contributed by atoms with Crippen LogP contribution in [0.25, 0.3) is 10.9 Å². The van der Waals surface area contributed by atoms with Crippen LogP contribution in [0.2, 0.25) is 0 Å². The van der Waals surface area contributed by atoms with Crippen molar-refractivity contribution in [2.45, 2.75) is 19.4 Å². The summed E-state index contributed by atoms with van der Waals surface area (Å²) in [5, 5.41) is 0.965. The molecule has 1 aromatic heterocycles. The van der Waals surface area contributed by atoms with Crippen LogP contribution in [0.4, 0.5) is 0 Å². The molecule has 2 heterocycles. The minimum atomic E-state index is -0.317. The number of morpholine rings is 1. The molecule has 2 aromatic rings. The molecule has 1 aliphatic heterocycles. The largest absolute Gasteiger partial charge is 0.497 e. The zero-order valence-corrected chi connectivity index (χ0v) is 15.4. The van der Waals surface area contributed by atoms with E-state index in [4.69, 9.17) is 14.2 Å². The average molecular weight is 360 g/mol. The van der Waals surface area contributed by atoms with E-state index in [-0.39, 0.29) is 24.3 Å². The molecule has 1 fully saturated rings. The third kappa shape index (κ3) is 3.53. The van der Waals surface area contributed by atoms with E-state index in [1.54, 1.807) is 18.9 Å². The van der Waals surface area contributed by atoms with Crippen LogP contribution in [0.3, 0.4) is 0 Å². The third-order valence-corrected chi connectivity index (χ3v) is 4.67. The smallest absolute Gasteiger partial charge is 0.307 e. The van der Waals surface area contributed by atoms with Crippen molar-refractivity contribution in [3.05, 3.63) is 30.0 Å². The Hall–Kier alpha value is -2.54. The van der Waals surface area contributed by atoms with Crippen LogP contribution in [0.15, 0.2) is 24.3 Å². The first kappa shape index (κ1) is 18.3. The van der Waals surface area contributed by atoms with E-state index in [1.165, 1.54) is 0 Å². The maximum absolute atomic E-state index is 13.2. The monoisotopic (exact) mass is 360 g/mol. The highest BCUT2D eigenvalue weighted by molar-refractivity contribution is 5.99. The van der Waals surface area contributed by atoms with Crippen LogP contribution in [-0.2, 0) is 21.3 Å². The van der Waals surface area contributed by atoms with Crippen molar-refractivity contribution in [1.29, 1.82) is 0 Å². The summed E-state index contributed by atoms with van der Waals surface area (Å²) in [5.74, 6) is 0.312. The van der Waals surface area contributed by atoms with Crippen LogP contribution in [0.1, 0.15) is 23.8 Å². The highest BCUT2D eigenvalue weighted by Gasteiger charge is 2.31. The molecule has 7 heteroatoms. The number of methoxy groups -OCH3 is 1. The van der Waals surface area contributed by atoms with E-state index in [2.05, 4.69) is 0 Å². The zero-order chi connectivity index (χ0) is 18.7. The Labute approximate surface area is 152 Å². The van der Waals surface area contributed by atoms with E-state index in [0.29, 0.717) is 32.1 Å². The molecule has 1 aliphatic rings. The first-order valence-corrected chi connectivity index (χ1v) is 8.73. The quantitative estimate of drug-likeness (QED) is 0.763. The minimum Gasteiger partial charge on any atom is -0.497 e. The number of hydrogen-bond donors (Lipinski definition) is 0. The molecule has 0 unspecified atom stereocenters. The lowest BCUT2D eigenvalue weighted by Gasteiger charge is -2.35. The lowest BCUT2D eigenvalue weighted by molar-refractivity contribution is -0.145. The van der Waals surface area contributed by atoms with Crippen LogP contribution >= 0.6 is 0 Å². The standard InChI is InChI=1S/C19H24N2O5/c1-4-26-18(22)10-14-12-25-8-7-21(14)19(23)17-9-13-5-6-15(24-3)11-16(13)20(17)2/h5-6,9,11,14H,4,7-8,10,12H2,1-3H3/t14-/m1/s1. The van der Waals surface area contributed by atoms with Gasteiger partial charge in [-0.2, -0.15) is 0 Å². The number of rotatable bonds is 5. The lowest BCUT2D eigenvalue weighted by Crippen LogP contribution is -2.50. The number of fused-ring (bicyclic) bond motifs is 1. The van der Waals surface area contributed by atoms with Crippen molar-refractivity contribution in [1.82, 2.24) is 9.47 Å². The van der Waals surface area contributed by atoms with Gasteiger partial charge in [-0.05, 0) is 25.1 Å². The number of amides is 1. The summed E-state index contributed by atoms with van der Waals surface area (Å²) < 4.78 is 17.6. The van der Waals surface area contributed by atoms with Gasteiger partial charge < -0.3 is 23.7 Å². The molecule has 0 aliphatic carbocycles. The molecule has 7 nitrogen and oxygen atoms in total. The van der Waals surface area contributed by atoms with Gasteiger partial charge >= 0.3 is 5.97 Å². The number of aryl methyl sites for hydroxylation is 1. The van der Waals surface area contributed by atoms with Gasteiger partial charge in [-0.1, -0.05) is 0 Å². The van der Waals surface area contributed by atoms with Gasteiger partial charge in [0.05, 0.1) is 44.9 Å². The first-order valence-electron chi connectivity index (χ1n) is 8.73. The van der Waals surface area contributed by atoms with Gasteiger partial charge in [0.25, 0.3) is 5.91 Å². The number of nitrogens with zero attached hydrogens (tertiary/aromatic N) is 2. The average Bonchev–Trinajstić information content (AvgIpc) is 2.98. The normalized spacial score (nSPS) is 17.3. The van der Waals surface area contributed by atoms with Crippen molar-refractivity contribution >= 4 is 22.8 Å². The van der Waals surface area contributed by atoms with E-state index in [1.807, 2.05) is 35.9 Å². The number of carbonyl (C=O) groups is 2. The highest BCUT2D eigenvalue weighted by Crippen LogP contribution is 2.25. The second-order valence-electron chi connectivity index (χ2n) is 6.25. The van der Waals surface area contributed by atoms with E-state index in [9.17, 15) is 9.59 Å². The molecule has 0 N–H and O–H groups in total. The maximum Gasteiger partial charge on any atom is 0.307 e. The fraction of sp³-hybridized carbons (Fsp3) is 0.474. The Kier molecular flexibility index (Phi) is 5.46. The molecule has 3 rings (SSSR count). The molecule has 1 amide bonds. The van der Waals surface area contributed by atoms with Crippen LogP contribution < -0.4 is 4.74 Å². The van der Waals surface area contributed by atoms with Crippen molar-refractivity contribution in [2.75, 3.05) is 33.5 Å². The van der Waals surface area contributed by atoms with Crippen LogP contribution in [0.5, 0.6) is 5.75 Å². The van der Waals surface area contributed by atoms with E-state index < -0.39 is 0 Å². The van der Waals surface area contributed by atoms with Gasteiger partial charge in [-0.25, -0.2) is 0 Å². The first-order chi connectivity index (χ1) is 12.5. The maximum atomic E-state index is 13.2. The fourth-order valence-corrected chi connectivity index (χ4v) is 3.29. The summed E-state index contributed by atoms with van der Waals surface area (Å²) in [6.45, 7) is 3.34. The van der Waals surface area contributed by atoms with Crippen molar-refractivity contribution in [3.8, 4) is 5.75 Å². The summed E-state index contributed by atoms with van der Waals surface area (Å²) >= 11 is 0. The fourth-order valence-electron chi connectivity index (χ4n) is 3.29. The van der Waals surface area contributed by atoms with Crippen LogP contribution in [0, 0.1) is 0 Å². The Balaban J connectivity index is 1.87. The van der Waals surface area contributed by atoms with Crippen molar-refractivity contribution < 1.29 is 23.8 Å². The van der Waals surface area contributed by atoms with Gasteiger partial charge in [-0.15, -0.1) is 0 Å². The summed E-state index contributed by atoms with van der Waals surface area (Å²) in [6.07, 6.45) is 0.136. The lowest BCUT2D eigenvalue weighted by atomic mass is 10.1. The second-order valence-corrected chi connectivity index (χ2v) is 6.25. The zero-order valence-electron chi connectivity index (χ0n) is 15.4.